The standard InChI is InChI=1S/C18H30N6O/c1-4-18(5-2)14(13-15(18)25-3)22-16(19)23-9-11-24(12-10-23)17-20-7-6-8-21-17/h6-8,14-15H,4-5,9-13H2,1-3H3,(H2,19,22). The van der Waals surface area contributed by atoms with Crippen LogP contribution in [0, 0.1) is 5.41 Å². The van der Waals surface area contributed by atoms with Gasteiger partial charge in [0, 0.05) is 51.1 Å². The van der Waals surface area contributed by atoms with Crippen LogP contribution in [0.15, 0.2) is 23.5 Å². The fraction of sp³-hybridized carbons (Fsp3) is 0.722. The highest BCUT2D eigenvalue weighted by atomic mass is 16.5. The van der Waals surface area contributed by atoms with E-state index in [1.54, 1.807) is 19.5 Å². The number of ether oxygens (including phenoxy) is 1. The summed E-state index contributed by atoms with van der Waals surface area (Å²) in [4.78, 5) is 17.9. The maximum Gasteiger partial charge on any atom is 0.225 e. The minimum absolute atomic E-state index is 0.138. The summed E-state index contributed by atoms with van der Waals surface area (Å²) in [6.45, 7) is 7.87. The van der Waals surface area contributed by atoms with E-state index in [2.05, 4.69) is 33.6 Å². The lowest BCUT2D eigenvalue weighted by atomic mass is 9.59. The van der Waals surface area contributed by atoms with Gasteiger partial charge in [0.05, 0.1) is 12.1 Å². The molecule has 1 saturated heterocycles. The molecule has 2 N–H and O–H groups in total. The molecule has 1 aliphatic carbocycles. The molecule has 2 atom stereocenters. The maximum absolute atomic E-state index is 6.35. The van der Waals surface area contributed by atoms with Crippen LogP contribution in [0.3, 0.4) is 0 Å². The van der Waals surface area contributed by atoms with E-state index in [9.17, 15) is 0 Å². The predicted molar refractivity (Wildman–Crippen MR) is 99.7 cm³/mol. The molecule has 1 aromatic heterocycles. The Morgan fingerprint density at radius 3 is 2.44 bits per heavy atom. The number of piperazine rings is 1. The SMILES string of the molecule is CCC1(CC)C(N=C(N)N2CCN(c3ncccn3)CC2)CC1OC. The highest BCUT2D eigenvalue weighted by Crippen LogP contribution is 2.50. The Kier molecular flexibility index (Phi) is 5.42. The van der Waals surface area contributed by atoms with Crippen LogP contribution in [-0.2, 0) is 4.74 Å². The average Bonchev–Trinajstić information content (AvgIpc) is 2.66. The van der Waals surface area contributed by atoms with Gasteiger partial charge in [-0.3, -0.25) is 0 Å². The first-order valence-corrected chi connectivity index (χ1v) is 9.27. The monoisotopic (exact) mass is 346 g/mol. The van der Waals surface area contributed by atoms with Crippen molar-refractivity contribution in [3.63, 3.8) is 0 Å². The van der Waals surface area contributed by atoms with Crippen LogP contribution in [0.1, 0.15) is 33.1 Å². The zero-order valence-corrected chi connectivity index (χ0v) is 15.6. The molecule has 1 aromatic rings. The van der Waals surface area contributed by atoms with E-state index in [0.717, 1.165) is 51.4 Å². The molecule has 0 aromatic carbocycles. The minimum atomic E-state index is 0.138. The molecule has 25 heavy (non-hydrogen) atoms. The number of nitrogens with zero attached hydrogens (tertiary/aromatic N) is 5. The van der Waals surface area contributed by atoms with Crippen molar-refractivity contribution >= 4 is 11.9 Å². The molecule has 0 radical (unpaired) electrons. The lowest BCUT2D eigenvalue weighted by Gasteiger charge is -2.53. The number of hydrogen-bond acceptors (Lipinski definition) is 5. The highest BCUT2D eigenvalue weighted by Gasteiger charge is 2.53. The van der Waals surface area contributed by atoms with E-state index in [1.165, 1.54) is 0 Å². The van der Waals surface area contributed by atoms with Gasteiger partial charge in [-0.05, 0) is 25.3 Å². The summed E-state index contributed by atoms with van der Waals surface area (Å²) in [6, 6.07) is 2.10. The number of aromatic nitrogens is 2. The number of methoxy groups -OCH3 is 1. The minimum Gasteiger partial charge on any atom is -0.381 e. The van der Waals surface area contributed by atoms with Gasteiger partial charge in [0.1, 0.15) is 0 Å². The molecule has 0 bridgehead atoms. The number of guanidine groups is 1. The summed E-state index contributed by atoms with van der Waals surface area (Å²) >= 11 is 0. The molecule has 2 aliphatic rings. The molecule has 3 rings (SSSR count). The van der Waals surface area contributed by atoms with E-state index in [4.69, 9.17) is 15.5 Å². The predicted octanol–water partition coefficient (Wildman–Crippen LogP) is 1.51. The van der Waals surface area contributed by atoms with Gasteiger partial charge in [-0.15, -0.1) is 0 Å². The average molecular weight is 346 g/mol. The molecule has 0 spiro atoms. The first-order valence-electron chi connectivity index (χ1n) is 9.27. The molecule has 138 valence electrons. The van der Waals surface area contributed by atoms with Crippen LogP contribution in [0.25, 0.3) is 0 Å². The fourth-order valence-electron chi connectivity index (χ4n) is 4.25. The first-order chi connectivity index (χ1) is 12.1. The zero-order chi connectivity index (χ0) is 17.9. The smallest absolute Gasteiger partial charge is 0.225 e. The van der Waals surface area contributed by atoms with E-state index in [1.807, 2.05) is 6.07 Å². The van der Waals surface area contributed by atoms with E-state index < -0.39 is 0 Å². The summed E-state index contributed by atoms with van der Waals surface area (Å²) < 4.78 is 5.66. The maximum atomic E-state index is 6.35. The van der Waals surface area contributed by atoms with Crippen LogP contribution >= 0.6 is 0 Å². The van der Waals surface area contributed by atoms with Crippen LogP contribution in [0.4, 0.5) is 5.95 Å². The third kappa shape index (κ3) is 3.29. The lowest BCUT2D eigenvalue weighted by molar-refractivity contribution is -0.112. The Bertz CT molecular complexity index is 580. The lowest BCUT2D eigenvalue weighted by Crippen LogP contribution is -2.58. The fourth-order valence-corrected chi connectivity index (χ4v) is 4.25. The van der Waals surface area contributed by atoms with Crippen LogP contribution in [0.2, 0.25) is 0 Å². The van der Waals surface area contributed by atoms with E-state index >= 15 is 0 Å². The number of anilines is 1. The molecule has 2 fully saturated rings. The van der Waals surface area contributed by atoms with E-state index in [-0.39, 0.29) is 11.5 Å². The highest BCUT2D eigenvalue weighted by molar-refractivity contribution is 5.78. The number of nitrogens with two attached hydrogens (primary N) is 1. The van der Waals surface area contributed by atoms with Crippen molar-refractivity contribution in [1.82, 2.24) is 14.9 Å². The van der Waals surface area contributed by atoms with Crippen molar-refractivity contribution in [3.05, 3.63) is 18.5 Å². The summed E-state index contributed by atoms with van der Waals surface area (Å²) in [6.07, 6.45) is 6.98. The van der Waals surface area contributed by atoms with Crippen molar-refractivity contribution in [1.29, 1.82) is 0 Å². The van der Waals surface area contributed by atoms with Crippen LogP contribution in [-0.4, -0.2) is 66.3 Å². The Morgan fingerprint density at radius 2 is 1.88 bits per heavy atom. The topological polar surface area (TPSA) is 79.9 Å². The summed E-state index contributed by atoms with van der Waals surface area (Å²) in [5.41, 5.74) is 6.48. The van der Waals surface area contributed by atoms with Crippen molar-refractivity contribution in [2.24, 2.45) is 16.1 Å². The number of aliphatic imine (C=N–C) groups is 1. The first kappa shape index (κ1) is 17.9. The van der Waals surface area contributed by atoms with Crippen LogP contribution < -0.4 is 10.6 Å². The van der Waals surface area contributed by atoms with Gasteiger partial charge < -0.3 is 20.3 Å². The summed E-state index contributed by atoms with van der Waals surface area (Å²) in [7, 11) is 1.80. The molecule has 1 saturated carbocycles. The molecule has 1 aliphatic heterocycles. The molecule has 7 heteroatoms. The largest absolute Gasteiger partial charge is 0.381 e. The van der Waals surface area contributed by atoms with E-state index in [0.29, 0.717) is 12.1 Å². The van der Waals surface area contributed by atoms with Gasteiger partial charge >= 0.3 is 0 Å². The van der Waals surface area contributed by atoms with Gasteiger partial charge in [-0.1, -0.05) is 13.8 Å². The second kappa shape index (κ2) is 7.56. The molecule has 2 heterocycles. The Labute approximate surface area is 150 Å². The number of hydrogen-bond donors (Lipinski definition) is 1. The van der Waals surface area contributed by atoms with Gasteiger partial charge in [0.25, 0.3) is 0 Å². The molecule has 0 amide bonds. The molecular formula is C18H30N6O. The van der Waals surface area contributed by atoms with Gasteiger partial charge in [0.15, 0.2) is 5.96 Å². The van der Waals surface area contributed by atoms with Gasteiger partial charge in [0.2, 0.25) is 5.95 Å². The molecule has 7 nitrogen and oxygen atoms in total. The van der Waals surface area contributed by atoms with Gasteiger partial charge in [-0.25, -0.2) is 15.0 Å². The second-order valence-electron chi connectivity index (χ2n) is 6.93. The zero-order valence-electron chi connectivity index (χ0n) is 15.6. The van der Waals surface area contributed by atoms with Crippen molar-refractivity contribution < 1.29 is 4.74 Å². The Morgan fingerprint density at radius 1 is 1.24 bits per heavy atom. The third-order valence-corrected chi connectivity index (χ3v) is 6.07. The Balaban J connectivity index is 1.61. The normalized spacial score (nSPS) is 26.4. The van der Waals surface area contributed by atoms with Gasteiger partial charge in [-0.2, -0.15) is 0 Å². The quantitative estimate of drug-likeness (QED) is 0.643. The summed E-state index contributed by atoms with van der Waals surface area (Å²) in [5.74, 6) is 1.45. The third-order valence-electron chi connectivity index (χ3n) is 6.07. The van der Waals surface area contributed by atoms with Crippen LogP contribution in [0.5, 0.6) is 0 Å². The molecular weight excluding hydrogens is 316 g/mol. The number of rotatable bonds is 5. The Hall–Kier alpha value is -1.89. The summed E-state index contributed by atoms with van der Waals surface area (Å²) in [5, 5.41) is 0. The van der Waals surface area contributed by atoms with Crippen molar-refractivity contribution in [2.75, 3.05) is 38.2 Å². The molecule has 2 unspecified atom stereocenters. The second-order valence-corrected chi connectivity index (χ2v) is 6.93. The van der Waals surface area contributed by atoms with Crippen molar-refractivity contribution in [2.45, 2.75) is 45.3 Å². The van der Waals surface area contributed by atoms with Crippen molar-refractivity contribution in [3.8, 4) is 0 Å².